The lowest BCUT2D eigenvalue weighted by atomic mass is 9.98. The quantitative estimate of drug-likeness (QED) is 0.861. The zero-order valence-electron chi connectivity index (χ0n) is 10.4. The molecule has 1 aromatic rings. The van der Waals surface area contributed by atoms with Crippen molar-refractivity contribution in [2.75, 3.05) is 13.1 Å². The number of likely N-dealkylation sites (tertiary alicyclic amines) is 1. The summed E-state index contributed by atoms with van der Waals surface area (Å²) in [6.45, 7) is 3.59. The van der Waals surface area contributed by atoms with Crippen LogP contribution in [-0.4, -0.2) is 29.9 Å². The highest BCUT2D eigenvalue weighted by Gasteiger charge is 2.43. The number of nitrogens with two attached hydrogens (primary N) is 1. The normalized spacial score (nSPS) is 30.8. The second-order valence-corrected chi connectivity index (χ2v) is 6.69. The van der Waals surface area contributed by atoms with Gasteiger partial charge in [-0.1, -0.05) is 11.6 Å². The summed E-state index contributed by atoms with van der Waals surface area (Å²) in [6, 6.07) is 0.272. The summed E-state index contributed by atoms with van der Waals surface area (Å²) in [5.41, 5.74) is 7.08. The van der Waals surface area contributed by atoms with E-state index < -0.39 is 0 Å². The first-order chi connectivity index (χ1) is 8.58. The minimum absolute atomic E-state index is 0.0831. The molecule has 2 aliphatic rings. The summed E-state index contributed by atoms with van der Waals surface area (Å²) in [7, 11) is 0. The van der Waals surface area contributed by atoms with Crippen LogP contribution in [0.1, 0.15) is 28.1 Å². The van der Waals surface area contributed by atoms with E-state index in [1.807, 2.05) is 17.2 Å². The fourth-order valence-electron chi connectivity index (χ4n) is 3.19. The number of carbonyl (C=O) groups is 1. The van der Waals surface area contributed by atoms with E-state index in [-0.39, 0.29) is 11.9 Å². The Morgan fingerprint density at radius 2 is 2.28 bits per heavy atom. The molecule has 0 bridgehead atoms. The lowest BCUT2D eigenvalue weighted by Crippen LogP contribution is -2.33. The lowest BCUT2D eigenvalue weighted by molar-refractivity contribution is 0.0784. The van der Waals surface area contributed by atoms with Gasteiger partial charge in [0.15, 0.2) is 0 Å². The lowest BCUT2D eigenvalue weighted by Gasteiger charge is -2.18. The van der Waals surface area contributed by atoms with Crippen LogP contribution in [0.5, 0.6) is 0 Å². The van der Waals surface area contributed by atoms with Gasteiger partial charge in [-0.05, 0) is 42.5 Å². The Morgan fingerprint density at radius 1 is 1.50 bits per heavy atom. The summed E-state index contributed by atoms with van der Waals surface area (Å²) in [6.07, 6.45) is 2.27. The van der Waals surface area contributed by atoms with Crippen LogP contribution in [0.2, 0.25) is 5.02 Å². The van der Waals surface area contributed by atoms with Crippen LogP contribution in [0, 0.1) is 18.8 Å². The SMILES string of the molecule is Cc1csc(C(=O)N2CC3CCC(N)C3C2)c1Cl. The molecule has 2 heterocycles. The maximum atomic E-state index is 12.4. The molecule has 3 atom stereocenters. The first-order valence-electron chi connectivity index (χ1n) is 6.36. The molecule has 18 heavy (non-hydrogen) atoms. The molecule has 0 aromatic carbocycles. The Hall–Kier alpha value is -0.580. The van der Waals surface area contributed by atoms with Crippen molar-refractivity contribution in [3.8, 4) is 0 Å². The largest absolute Gasteiger partial charge is 0.337 e. The van der Waals surface area contributed by atoms with Gasteiger partial charge in [-0.25, -0.2) is 0 Å². The molecule has 1 aliphatic carbocycles. The molecule has 98 valence electrons. The minimum atomic E-state index is 0.0831. The van der Waals surface area contributed by atoms with Gasteiger partial charge in [-0.3, -0.25) is 4.79 Å². The number of halogens is 1. The second kappa shape index (κ2) is 4.51. The molecule has 0 spiro atoms. The molecular formula is C13H17ClN2OS. The first-order valence-corrected chi connectivity index (χ1v) is 7.62. The van der Waals surface area contributed by atoms with Crippen LogP contribution >= 0.6 is 22.9 Å². The van der Waals surface area contributed by atoms with E-state index in [0.717, 1.165) is 31.5 Å². The van der Waals surface area contributed by atoms with Crippen LogP contribution in [-0.2, 0) is 0 Å². The minimum Gasteiger partial charge on any atom is -0.337 e. The molecular weight excluding hydrogens is 268 g/mol. The number of aryl methyl sites for hydroxylation is 1. The highest BCUT2D eigenvalue weighted by Crippen LogP contribution is 2.38. The monoisotopic (exact) mass is 284 g/mol. The van der Waals surface area contributed by atoms with Gasteiger partial charge in [-0.2, -0.15) is 0 Å². The fraction of sp³-hybridized carbons (Fsp3) is 0.615. The smallest absolute Gasteiger partial charge is 0.265 e. The van der Waals surface area contributed by atoms with Crippen LogP contribution in [0.25, 0.3) is 0 Å². The van der Waals surface area contributed by atoms with E-state index >= 15 is 0 Å². The predicted molar refractivity (Wildman–Crippen MR) is 74.2 cm³/mol. The van der Waals surface area contributed by atoms with Gasteiger partial charge in [0.1, 0.15) is 4.88 Å². The number of thiophene rings is 1. The predicted octanol–water partition coefficient (Wildman–Crippen LogP) is 2.52. The molecule has 5 heteroatoms. The zero-order valence-corrected chi connectivity index (χ0v) is 11.9. The Kier molecular flexibility index (Phi) is 3.12. The Labute approximate surface area is 116 Å². The molecule has 1 saturated carbocycles. The third-order valence-corrected chi connectivity index (χ3v) is 5.98. The van der Waals surface area contributed by atoms with Gasteiger partial charge < -0.3 is 10.6 Å². The number of hydrogen-bond donors (Lipinski definition) is 1. The second-order valence-electron chi connectivity index (χ2n) is 5.44. The van der Waals surface area contributed by atoms with Crippen LogP contribution in [0.3, 0.4) is 0 Å². The topological polar surface area (TPSA) is 46.3 Å². The number of carbonyl (C=O) groups excluding carboxylic acids is 1. The summed E-state index contributed by atoms with van der Waals surface area (Å²) in [5.74, 6) is 1.18. The maximum Gasteiger partial charge on any atom is 0.265 e. The molecule has 3 rings (SSSR count). The summed E-state index contributed by atoms with van der Waals surface area (Å²) in [4.78, 5) is 15.0. The van der Waals surface area contributed by atoms with Crippen molar-refractivity contribution in [1.82, 2.24) is 4.90 Å². The van der Waals surface area contributed by atoms with Crippen LogP contribution < -0.4 is 5.73 Å². The van der Waals surface area contributed by atoms with Gasteiger partial charge in [0.2, 0.25) is 0 Å². The highest BCUT2D eigenvalue weighted by molar-refractivity contribution is 7.13. The van der Waals surface area contributed by atoms with E-state index in [1.165, 1.54) is 11.3 Å². The zero-order chi connectivity index (χ0) is 12.9. The molecule has 3 nitrogen and oxygen atoms in total. The van der Waals surface area contributed by atoms with E-state index in [1.54, 1.807) is 0 Å². The maximum absolute atomic E-state index is 12.4. The van der Waals surface area contributed by atoms with E-state index in [9.17, 15) is 4.79 Å². The van der Waals surface area contributed by atoms with Gasteiger partial charge in [0.25, 0.3) is 5.91 Å². The molecule has 2 fully saturated rings. The number of fused-ring (bicyclic) bond motifs is 1. The fourth-order valence-corrected chi connectivity index (χ4v) is 4.43. The van der Waals surface area contributed by atoms with Crippen molar-refractivity contribution in [2.45, 2.75) is 25.8 Å². The number of hydrogen-bond acceptors (Lipinski definition) is 3. The van der Waals surface area contributed by atoms with Crippen molar-refractivity contribution >= 4 is 28.8 Å². The highest BCUT2D eigenvalue weighted by atomic mass is 35.5. The average molecular weight is 285 g/mol. The molecule has 1 aliphatic heterocycles. The Bertz CT molecular complexity index is 487. The van der Waals surface area contributed by atoms with Gasteiger partial charge in [0.05, 0.1) is 5.02 Å². The Balaban J connectivity index is 1.77. The van der Waals surface area contributed by atoms with Crippen LogP contribution in [0.15, 0.2) is 5.38 Å². The van der Waals surface area contributed by atoms with Crippen molar-refractivity contribution in [1.29, 1.82) is 0 Å². The van der Waals surface area contributed by atoms with E-state index in [2.05, 4.69) is 0 Å². The van der Waals surface area contributed by atoms with Gasteiger partial charge in [0, 0.05) is 19.1 Å². The summed E-state index contributed by atoms with van der Waals surface area (Å²) >= 11 is 7.62. The average Bonchev–Trinajstić information content (AvgIpc) is 2.99. The molecule has 1 saturated heterocycles. The third-order valence-electron chi connectivity index (χ3n) is 4.29. The van der Waals surface area contributed by atoms with E-state index in [0.29, 0.717) is 21.7 Å². The third kappa shape index (κ3) is 1.87. The molecule has 1 amide bonds. The number of amides is 1. The standard InChI is InChI=1S/C13H17ClN2OS/c1-7-6-18-12(11(7)14)13(17)16-4-8-2-3-10(15)9(8)5-16/h6,8-10H,2-5,15H2,1H3. The molecule has 0 radical (unpaired) electrons. The molecule has 2 N–H and O–H groups in total. The van der Waals surface area contributed by atoms with Crippen molar-refractivity contribution in [3.05, 3.63) is 20.8 Å². The number of rotatable bonds is 1. The number of nitrogens with zero attached hydrogens (tertiary/aromatic N) is 1. The summed E-state index contributed by atoms with van der Waals surface area (Å²) < 4.78 is 0. The Morgan fingerprint density at radius 3 is 2.89 bits per heavy atom. The van der Waals surface area contributed by atoms with Gasteiger partial charge in [-0.15, -0.1) is 11.3 Å². The first kappa shape index (κ1) is 12.5. The van der Waals surface area contributed by atoms with Crippen molar-refractivity contribution in [2.24, 2.45) is 17.6 Å². The van der Waals surface area contributed by atoms with Crippen molar-refractivity contribution in [3.63, 3.8) is 0 Å². The van der Waals surface area contributed by atoms with Crippen molar-refractivity contribution < 1.29 is 4.79 Å². The summed E-state index contributed by atoms with van der Waals surface area (Å²) in [5, 5.41) is 2.56. The van der Waals surface area contributed by atoms with Crippen LogP contribution in [0.4, 0.5) is 0 Å². The van der Waals surface area contributed by atoms with Gasteiger partial charge >= 0.3 is 0 Å². The van der Waals surface area contributed by atoms with E-state index in [4.69, 9.17) is 17.3 Å². The molecule has 1 aromatic heterocycles. The molecule has 3 unspecified atom stereocenters.